The maximum atomic E-state index is 13.0. The number of carbonyl (C=O) groups excluding carboxylic acids is 3. The van der Waals surface area contributed by atoms with Crippen molar-refractivity contribution in [2.75, 3.05) is 41.0 Å². The summed E-state index contributed by atoms with van der Waals surface area (Å²) in [5, 5.41) is 1.29. The van der Waals surface area contributed by atoms with Crippen LogP contribution in [0.2, 0.25) is 15.1 Å². The Morgan fingerprint density at radius 1 is 0.535 bits per heavy atom. The quantitative estimate of drug-likeness (QED) is 0.119. The minimum absolute atomic E-state index is 0.0500. The Balaban J connectivity index is 2.15. The van der Waals surface area contributed by atoms with Crippen molar-refractivity contribution >= 4 is 70.9 Å². The van der Waals surface area contributed by atoms with Crippen molar-refractivity contribution < 1.29 is 28.6 Å². The standard InChI is InChI=1S/C33H30Cl3NO6/c1-41-31(38)25(16-22-10-4-7-13-28(22)34)19-37(20-26(32(39)42-2)17-23-11-5-8-14-29(23)35)21-27(33(40)43-3)18-24-12-6-9-15-30(24)36/h4-18H,19-21H2,1-3H3/b25-16+,26-17+,27-18+. The fourth-order valence-electron chi connectivity index (χ4n) is 4.13. The monoisotopic (exact) mass is 641 g/mol. The van der Waals surface area contributed by atoms with Gasteiger partial charge in [0.2, 0.25) is 0 Å². The van der Waals surface area contributed by atoms with Gasteiger partial charge in [-0.05, 0) is 53.1 Å². The molecule has 224 valence electrons. The maximum Gasteiger partial charge on any atom is 0.335 e. The van der Waals surface area contributed by atoms with Crippen LogP contribution in [-0.2, 0) is 28.6 Å². The van der Waals surface area contributed by atoms with Gasteiger partial charge in [-0.25, -0.2) is 14.4 Å². The van der Waals surface area contributed by atoms with E-state index in [1.165, 1.54) is 21.3 Å². The van der Waals surface area contributed by atoms with Gasteiger partial charge < -0.3 is 14.2 Å². The molecule has 0 saturated carbocycles. The molecule has 0 fully saturated rings. The van der Waals surface area contributed by atoms with Crippen LogP contribution in [0.15, 0.2) is 89.5 Å². The highest BCUT2D eigenvalue weighted by Gasteiger charge is 2.23. The lowest BCUT2D eigenvalue weighted by Gasteiger charge is -2.25. The summed E-state index contributed by atoms with van der Waals surface area (Å²) in [4.78, 5) is 40.6. The second kappa shape index (κ2) is 16.7. The number of ether oxygens (including phenoxy) is 3. The lowest BCUT2D eigenvalue weighted by molar-refractivity contribution is -0.136. The topological polar surface area (TPSA) is 82.1 Å². The molecule has 0 saturated heterocycles. The average molecular weight is 643 g/mol. The van der Waals surface area contributed by atoms with Crippen LogP contribution in [0.25, 0.3) is 18.2 Å². The second-order valence-electron chi connectivity index (χ2n) is 9.19. The third-order valence-corrected chi connectivity index (χ3v) is 7.26. The number of halogens is 3. The van der Waals surface area contributed by atoms with Gasteiger partial charge in [0, 0.05) is 34.7 Å². The SMILES string of the molecule is COC(=O)/C(=C/c1ccccc1Cl)CN(C/C(=C\c1ccccc1Cl)C(=O)OC)C/C(=C\c1ccccc1Cl)C(=O)OC. The Hall–Kier alpha value is -3.88. The van der Waals surface area contributed by atoms with Gasteiger partial charge in [0.05, 0.1) is 38.0 Å². The first-order chi connectivity index (χ1) is 20.7. The zero-order valence-corrected chi connectivity index (χ0v) is 26.1. The van der Waals surface area contributed by atoms with E-state index in [1.54, 1.807) is 95.9 Å². The van der Waals surface area contributed by atoms with Crippen molar-refractivity contribution in [2.45, 2.75) is 0 Å². The molecular formula is C33H30Cl3NO6. The van der Waals surface area contributed by atoms with Crippen LogP contribution >= 0.6 is 34.8 Å². The summed E-state index contributed by atoms with van der Waals surface area (Å²) < 4.78 is 15.2. The van der Waals surface area contributed by atoms with E-state index in [4.69, 9.17) is 49.0 Å². The van der Waals surface area contributed by atoms with Crippen molar-refractivity contribution in [2.24, 2.45) is 0 Å². The summed E-state index contributed by atoms with van der Waals surface area (Å²) in [5.41, 5.74) is 2.43. The number of rotatable bonds is 12. The van der Waals surface area contributed by atoms with E-state index in [0.29, 0.717) is 31.8 Å². The largest absolute Gasteiger partial charge is 0.466 e. The first-order valence-corrected chi connectivity index (χ1v) is 14.1. The molecule has 0 unspecified atom stereocenters. The Labute approximate surface area is 265 Å². The van der Waals surface area contributed by atoms with E-state index < -0.39 is 17.9 Å². The van der Waals surface area contributed by atoms with Gasteiger partial charge in [-0.1, -0.05) is 89.4 Å². The highest BCUT2D eigenvalue weighted by Crippen LogP contribution is 2.24. The molecule has 0 heterocycles. The first kappa shape index (κ1) is 33.6. The zero-order chi connectivity index (χ0) is 31.4. The molecule has 0 atom stereocenters. The van der Waals surface area contributed by atoms with E-state index in [2.05, 4.69) is 0 Å². The summed E-state index contributed by atoms with van der Waals surface area (Å²) >= 11 is 19.1. The molecule has 0 aliphatic rings. The highest BCUT2D eigenvalue weighted by molar-refractivity contribution is 6.33. The summed E-state index contributed by atoms with van der Waals surface area (Å²) in [7, 11) is 3.80. The van der Waals surface area contributed by atoms with Crippen molar-refractivity contribution in [3.8, 4) is 0 Å². The molecule has 10 heteroatoms. The van der Waals surface area contributed by atoms with Gasteiger partial charge in [0.25, 0.3) is 0 Å². The minimum atomic E-state index is -0.616. The van der Waals surface area contributed by atoms with Gasteiger partial charge in [-0.15, -0.1) is 0 Å². The molecule has 43 heavy (non-hydrogen) atoms. The third-order valence-electron chi connectivity index (χ3n) is 6.23. The smallest absolute Gasteiger partial charge is 0.335 e. The molecule has 0 amide bonds. The highest BCUT2D eigenvalue weighted by atomic mass is 35.5. The Morgan fingerprint density at radius 3 is 1.02 bits per heavy atom. The fourth-order valence-corrected chi connectivity index (χ4v) is 4.70. The van der Waals surface area contributed by atoms with E-state index in [-0.39, 0.29) is 36.4 Å². The van der Waals surface area contributed by atoms with Gasteiger partial charge in [0.15, 0.2) is 0 Å². The normalized spacial score (nSPS) is 12.2. The van der Waals surface area contributed by atoms with Crippen LogP contribution in [0.1, 0.15) is 16.7 Å². The van der Waals surface area contributed by atoms with Crippen LogP contribution in [0.4, 0.5) is 0 Å². The summed E-state index contributed by atoms with van der Waals surface area (Å²) in [5.74, 6) is -1.85. The van der Waals surface area contributed by atoms with E-state index >= 15 is 0 Å². The fraction of sp³-hybridized carbons (Fsp3) is 0.182. The minimum Gasteiger partial charge on any atom is -0.466 e. The number of methoxy groups -OCH3 is 3. The van der Waals surface area contributed by atoms with Crippen molar-refractivity contribution in [1.82, 2.24) is 4.90 Å². The van der Waals surface area contributed by atoms with Crippen LogP contribution in [0, 0.1) is 0 Å². The molecule has 3 aromatic carbocycles. The summed E-state index contributed by atoms with van der Waals surface area (Å²) in [6, 6.07) is 21.0. The van der Waals surface area contributed by atoms with E-state index in [9.17, 15) is 14.4 Å². The molecule has 0 N–H and O–H groups in total. The third kappa shape index (κ3) is 9.83. The molecule has 0 radical (unpaired) electrons. The molecule has 0 aliphatic carbocycles. The number of hydrogen-bond donors (Lipinski definition) is 0. The van der Waals surface area contributed by atoms with E-state index in [1.807, 2.05) is 0 Å². The van der Waals surface area contributed by atoms with Crippen LogP contribution in [0.3, 0.4) is 0 Å². The second-order valence-corrected chi connectivity index (χ2v) is 10.4. The molecule has 0 spiro atoms. The van der Waals surface area contributed by atoms with Gasteiger partial charge in [-0.3, -0.25) is 4.90 Å². The summed E-state index contributed by atoms with van der Waals surface area (Å²) in [6.45, 7) is -0.150. The lowest BCUT2D eigenvalue weighted by Crippen LogP contribution is -2.35. The Morgan fingerprint density at radius 2 is 0.791 bits per heavy atom. The Kier molecular flexibility index (Phi) is 13.0. The van der Waals surface area contributed by atoms with Crippen molar-refractivity contribution in [1.29, 1.82) is 0 Å². The molecule has 7 nitrogen and oxygen atoms in total. The van der Waals surface area contributed by atoms with E-state index in [0.717, 1.165) is 0 Å². The van der Waals surface area contributed by atoms with Crippen LogP contribution in [-0.4, -0.2) is 63.8 Å². The van der Waals surface area contributed by atoms with Crippen molar-refractivity contribution in [3.05, 3.63) is 121 Å². The predicted molar refractivity (Wildman–Crippen MR) is 171 cm³/mol. The lowest BCUT2D eigenvalue weighted by atomic mass is 10.1. The Bertz CT molecular complexity index is 1380. The maximum absolute atomic E-state index is 13.0. The number of carbonyl (C=O) groups is 3. The van der Waals surface area contributed by atoms with Gasteiger partial charge in [-0.2, -0.15) is 0 Å². The molecular weight excluding hydrogens is 613 g/mol. The van der Waals surface area contributed by atoms with Crippen LogP contribution in [0.5, 0.6) is 0 Å². The number of esters is 3. The van der Waals surface area contributed by atoms with Gasteiger partial charge >= 0.3 is 17.9 Å². The number of benzene rings is 3. The zero-order valence-electron chi connectivity index (χ0n) is 23.8. The average Bonchev–Trinajstić information content (AvgIpc) is 3.01. The van der Waals surface area contributed by atoms with Crippen LogP contribution < -0.4 is 0 Å². The number of nitrogens with zero attached hydrogens (tertiary/aromatic N) is 1. The molecule has 3 aromatic rings. The first-order valence-electron chi connectivity index (χ1n) is 13.0. The number of hydrogen-bond acceptors (Lipinski definition) is 7. The summed E-state index contributed by atoms with van der Waals surface area (Å²) in [6.07, 6.45) is 4.81. The van der Waals surface area contributed by atoms with Crippen molar-refractivity contribution in [3.63, 3.8) is 0 Å². The molecule has 0 aliphatic heterocycles. The molecule has 0 bridgehead atoms. The van der Waals surface area contributed by atoms with Gasteiger partial charge in [0.1, 0.15) is 0 Å². The molecule has 3 rings (SSSR count). The molecule has 0 aromatic heterocycles. The predicted octanol–water partition coefficient (Wildman–Crippen LogP) is 7.02.